The van der Waals surface area contributed by atoms with Gasteiger partial charge in [0.15, 0.2) is 0 Å². The molecule has 1 rings (SSSR count). The minimum absolute atomic E-state index is 0.0463. The van der Waals surface area contributed by atoms with Gasteiger partial charge >= 0.3 is 0 Å². The third-order valence-electron chi connectivity index (χ3n) is 2.90. The van der Waals surface area contributed by atoms with Crippen molar-refractivity contribution >= 4 is 21.8 Å². The summed E-state index contributed by atoms with van der Waals surface area (Å²) < 4.78 is 1.76. The summed E-state index contributed by atoms with van der Waals surface area (Å²) in [5, 5.41) is 8.32. The van der Waals surface area contributed by atoms with E-state index < -0.39 is 0 Å². The summed E-state index contributed by atoms with van der Waals surface area (Å²) in [6.45, 7) is 8.80. The molecule has 102 valence electrons. The van der Waals surface area contributed by atoms with Gasteiger partial charge in [0.1, 0.15) is 5.69 Å². The molecular weight excluding hydrogens is 294 g/mol. The third-order valence-corrected chi connectivity index (χ3v) is 3.29. The first-order valence-electron chi connectivity index (χ1n) is 6.38. The van der Waals surface area contributed by atoms with Gasteiger partial charge < -0.3 is 5.32 Å². The van der Waals surface area contributed by atoms with Crippen molar-refractivity contribution in [3.05, 3.63) is 17.5 Å². The molecule has 0 saturated carbocycles. The Balaban J connectivity index is 2.86. The summed E-state index contributed by atoms with van der Waals surface area (Å²) in [5.74, 6) is -0.0463. The van der Waals surface area contributed by atoms with E-state index in [1.54, 1.807) is 4.68 Å². The molecule has 0 atom stereocenters. The second kappa shape index (κ2) is 6.36. The number of amides is 1. The van der Waals surface area contributed by atoms with Gasteiger partial charge in [-0.2, -0.15) is 5.10 Å². The van der Waals surface area contributed by atoms with Gasteiger partial charge in [0.25, 0.3) is 5.91 Å². The number of aryl methyl sites for hydroxylation is 2. The van der Waals surface area contributed by atoms with Crippen LogP contribution in [-0.2, 0) is 13.0 Å². The molecule has 5 heteroatoms. The molecule has 1 aromatic heterocycles. The van der Waals surface area contributed by atoms with Crippen molar-refractivity contribution in [2.45, 2.75) is 52.6 Å². The van der Waals surface area contributed by atoms with Crippen LogP contribution in [0.3, 0.4) is 0 Å². The first kappa shape index (κ1) is 15.2. The molecule has 0 aliphatic carbocycles. The number of carbonyl (C=O) groups is 1. The molecule has 18 heavy (non-hydrogen) atoms. The van der Waals surface area contributed by atoms with Crippen molar-refractivity contribution in [2.75, 3.05) is 5.33 Å². The summed E-state index contributed by atoms with van der Waals surface area (Å²) >= 11 is 3.41. The van der Waals surface area contributed by atoms with Crippen molar-refractivity contribution in [3.8, 4) is 0 Å². The quantitative estimate of drug-likeness (QED) is 0.820. The zero-order valence-electron chi connectivity index (χ0n) is 11.6. The van der Waals surface area contributed by atoms with Crippen molar-refractivity contribution in [3.63, 3.8) is 0 Å². The van der Waals surface area contributed by atoms with Gasteiger partial charge in [-0.25, -0.2) is 0 Å². The standard InChI is InChI=1S/C13H22BrN3O/c1-5-10-9-11(17(6-2)16-10)12(18)15-13(3,4)7-8-14/h9H,5-8H2,1-4H3,(H,15,18). The maximum absolute atomic E-state index is 12.3. The van der Waals surface area contributed by atoms with E-state index in [4.69, 9.17) is 0 Å². The summed E-state index contributed by atoms with van der Waals surface area (Å²) in [4.78, 5) is 12.3. The second-order valence-electron chi connectivity index (χ2n) is 4.97. The number of hydrogen-bond acceptors (Lipinski definition) is 2. The lowest BCUT2D eigenvalue weighted by Crippen LogP contribution is -2.44. The molecule has 0 unspecified atom stereocenters. The Morgan fingerprint density at radius 1 is 1.50 bits per heavy atom. The maximum Gasteiger partial charge on any atom is 0.269 e. The van der Waals surface area contributed by atoms with Crippen LogP contribution < -0.4 is 5.32 Å². The molecule has 4 nitrogen and oxygen atoms in total. The summed E-state index contributed by atoms with van der Waals surface area (Å²) in [7, 11) is 0. The highest BCUT2D eigenvalue weighted by atomic mass is 79.9. The summed E-state index contributed by atoms with van der Waals surface area (Å²) in [5.41, 5.74) is 1.40. The topological polar surface area (TPSA) is 46.9 Å². The summed E-state index contributed by atoms with van der Waals surface area (Å²) in [6.07, 6.45) is 1.73. The molecular formula is C13H22BrN3O. The van der Waals surface area contributed by atoms with Crippen LogP contribution in [0.25, 0.3) is 0 Å². The molecule has 0 saturated heterocycles. The summed E-state index contributed by atoms with van der Waals surface area (Å²) in [6, 6.07) is 1.88. The monoisotopic (exact) mass is 315 g/mol. The number of hydrogen-bond donors (Lipinski definition) is 1. The third kappa shape index (κ3) is 3.83. The van der Waals surface area contributed by atoms with Gasteiger partial charge in [-0.1, -0.05) is 22.9 Å². The molecule has 1 aromatic rings. The zero-order chi connectivity index (χ0) is 13.8. The molecule has 0 radical (unpaired) electrons. The number of nitrogens with one attached hydrogen (secondary N) is 1. The Hall–Kier alpha value is -0.840. The fourth-order valence-electron chi connectivity index (χ4n) is 1.74. The molecule has 1 N–H and O–H groups in total. The predicted molar refractivity (Wildman–Crippen MR) is 77.2 cm³/mol. The first-order valence-corrected chi connectivity index (χ1v) is 7.50. The highest BCUT2D eigenvalue weighted by molar-refractivity contribution is 9.09. The Kier molecular flexibility index (Phi) is 5.38. The fourth-order valence-corrected chi connectivity index (χ4v) is 2.73. The Labute approximate surface area is 117 Å². The highest BCUT2D eigenvalue weighted by Crippen LogP contribution is 2.13. The van der Waals surface area contributed by atoms with Crippen LogP contribution in [0, 0.1) is 0 Å². The number of halogens is 1. The molecule has 0 bridgehead atoms. The number of carbonyl (C=O) groups excluding carboxylic acids is 1. The van der Waals surface area contributed by atoms with Crippen LogP contribution in [0.1, 0.15) is 50.3 Å². The molecule has 0 aliphatic rings. The van der Waals surface area contributed by atoms with E-state index in [-0.39, 0.29) is 11.4 Å². The van der Waals surface area contributed by atoms with Gasteiger partial charge in [-0.3, -0.25) is 9.48 Å². The smallest absolute Gasteiger partial charge is 0.269 e. The lowest BCUT2D eigenvalue weighted by Gasteiger charge is -2.25. The van der Waals surface area contributed by atoms with E-state index in [2.05, 4.69) is 26.3 Å². The zero-order valence-corrected chi connectivity index (χ0v) is 13.2. The highest BCUT2D eigenvalue weighted by Gasteiger charge is 2.22. The van der Waals surface area contributed by atoms with Crippen molar-refractivity contribution in [1.82, 2.24) is 15.1 Å². The average molecular weight is 316 g/mol. The van der Waals surface area contributed by atoms with Gasteiger partial charge in [0.2, 0.25) is 0 Å². The molecule has 0 aliphatic heterocycles. The number of alkyl halides is 1. The molecule has 1 heterocycles. The lowest BCUT2D eigenvalue weighted by molar-refractivity contribution is 0.0901. The van der Waals surface area contributed by atoms with E-state index in [1.807, 2.05) is 33.8 Å². The van der Waals surface area contributed by atoms with Gasteiger partial charge in [0.05, 0.1) is 5.69 Å². The van der Waals surface area contributed by atoms with E-state index >= 15 is 0 Å². The maximum atomic E-state index is 12.3. The van der Waals surface area contributed by atoms with Crippen LogP contribution in [0.4, 0.5) is 0 Å². The largest absolute Gasteiger partial charge is 0.346 e. The molecule has 0 fully saturated rings. The predicted octanol–water partition coefficient (Wildman–Crippen LogP) is 2.76. The first-order chi connectivity index (χ1) is 8.43. The second-order valence-corrected chi connectivity index (χ2v) is 5.76. The van der Waals surface area contributed by atoms with Crippen molar-refractivity contribution in [1.29, 1.82) is 0 Å². The minimum atomic E-state index is -0.212. The van der Waals surface area contributed by atoms with Crippen LogP contribution in [0.5, 0.6) is 0 Å². The number of rotatable bonds is 6. The molecule has 0 aromatic carbocycles. The molecule has 1 amide bonds. The fraction of sp³-hybridized carbons (Fsp3) is 0.692. The van der Waals surface area contributed by atoms with E-state index in [0.29, 0.717) is 12.2 Å². The Morgan fingerprint density at radius 3 is 2.67 bits per heavy atom. The van der Waals surface area contributed by atoms with E-state index in [9.17, 15) is 4.79 Å². The van der Waals surface area contributed by atoms with Crippen LogP contribution in [0.2, 0.25) is 0 Å². The Bertz CT molecular complexity index is 412. The Morgan fingerprint density at radius 2 is 2.17 bits per heavy atom. The minimum Gasteiger partial charge on any atom is -0.346 e. The van der Waals surface area contributed by atoms with Crippen LogP contribution >= 0.6 is 15.9 Å². The van der Waals surface area contributed by atoms with Crippen LogP contribution in [0.15, 0.2) is 6.07 Å². The number of nitrogens with zero attached hydrogens (tertiary/aromatic N) is 2. The average Bonchev–Trinajstić information content (AvgIpc) is 2.71. The van der Waals surface area contributed by atoms with E-state index in [1.165, 1.54) is 0 Å². The van der Waals surface area contributed by atoms with Crippen LogP contribution in [-0.4, -0.2) is 26.6 Å². The van der Waals surface area contributed by atoms with Gasteiger partial charge in [-0.15, -0.1) is 0 Å². The number of aromatic nitrogens is 2. The van der Waals surface area contributed by atoms with Crippen molar-refractivity contribution in [2.24, 2.45) is 0 Å². The SMILES string of the molecule is CCc1cc(C(=O)NC(C)(C)CCBr)n(CC)n1. The van der Waals surface area contributed by atoms with Crippen molar-refractivity contribution < 1.29 is 4.79 Å². The molecule has 0 spiro atoms. The van der Waals surface area contributed by atoms with E-state index in [0.717, 1.165) is 23.9 Å². The normalized spacial score (nSPS) is 11.6. The van der Waals surface area contributed by atoms with Gasteiger partial charge in [-0.05, 0) is 39.7 Å². The van der Waals surface area contributed by atoms with Gasteiger partial charge in [0, 0.05) is 17.4 Å². The lowest BCUT2D eigenvalue weighted by atomic mass is 10.0.